The van der Waals surface area contributed by atoms with Gasteiger partial charge >= 0.3 is 0 Å². The molecule has 1 atom stereocenters. The highest BCUT2D eigenvalue weighted by molar-refractivity contribution is 9.10. The maximum absolute atomic E-state index is 11.8. The molecular weight excluding hydrogens is 302 g/mol. The number of hydrogen-bond acceptors (Lipinski definition) is 4. The van der Waals surface area contributed by atoms with Gasteiger partial charge < -0.3 is 5.32 Å². The smallest absolute Gasteiger partial charge is 0.273 e. The van der Waals surface area contributed by atoms with E-state index in [0.717, 1.165) is 21.6 Å². The summed E-state index contributed by atoms with van der Waals surface area (Å²) in [5.41, 5.74) is 1.40. The van der Waals surface area contributed by atoms with E-state index < -0.39 is 0 Å². The molecule has 0 aliphatic carbocycles. The Kier molecular flexibility index (Phi) is 3.86. The molecule has 17 heavy (non-hydrogen) atoms. The molecule has 88 valence electrons. The van der Waals surface area contributed by atoms with E-state index in [-0.39, 0.29) is 11.9 Å². The van der Waals surface area contributed by atoms with Crippen molar-refractivity contribution < 1.29 is 4.79 Å². The molecule has 0 aliphatic heterocycles. The Bertz CT molecular complexity index is 515. The van der Waals surface area contributed by atoms with Gasteiger partial charge in [-0.05, 0) is 36.2 Å². The predicted molar refractivity (Wildman–Crippen MR) is 69.9 cm³/mol. The summed E-state index contributed by atoms with van der Waals surface area (Å²) in [6, 6.07) is 7.76. The van der Waals surface area contributed by atoms with Crippen LogP contribution in [0.2, 0.25) is 0 Å². The molecule has 1 N–H and O–H groups in total. The molecule has 1 aromatic carbocycles. The van der Waals surface area contributed by atoms with Crippen molar-refractivity contribution in [1.29, 1.82) is 0 Å². The number of rotatable bonds is 3. The van der Waals surface area contributed by atoms with Crippen molar-refractivity contribution in [3.63, 3.8) is 0 Å². The Balaban J connectivity index is 2.07. The molecule has 1 heterocycles. The summed E-state index contributed by atoms with van der Waals surface area (Å²) in [4.78, 5) is 11.8. The largest absolute Gasteiger partial charge is 0.344 e. The summed E-state index contributed by atoms with van der Waals surface area (Å²) >= 11 is 4.57. The average molecular weight is 312 g/mol. The van der Waals surface area contributed by atoms with Crippen molar-refractivity contribution in [3.8, 4) is 0 Å². The number of halogens is 1. The zero-order chi connectivity index (χ0) is 12.3. The molecule has 0 bridgehead atoms. The number of aromatic nitrogens is 2. The molecule has 0 saturated carbocycles. The van der Waals surface area contributed by atoms with E-state index in [0.29, 0.717) is 5.69 Å². The third-order valence-electron chi connectivity index (χ3n) is 2.29. The van der Waals surface area contributed by atoms with Crippen LogP contribution >= 0.6 is 27.5 Å². The summed E-state index contributed by atoms with van der Waals surface area (Å²) in [6.45, 7) is 1.93. The molecule has 0 saturated heterocycles. The van der Waals surface area contributed by atoms with Crippen molar-refractivity contribution in [2.24, 2.45) is 0 Å². The van der Waals surface area contributed by atoms with Crippen LogP contribution in [0.25, 0.3) is 0 Å². The predicted octanol–water partition coefficient (Wildman–Crippen LogP) is 2.79. The molecule has 2 rings (SSSR count). The van der Waals surface area contributed by atoms with E-state index in [1.807, 2.05) is 31.2 Å². The lowest BCUT2D eigenvalue weighted by Gasteiger charge is -2.13. The third kappa shape index (κ3) is 3.10. The van der Waals surface area contributed by atoms with Crippen LogP contribution in [0, 0.1) is 0 Å². The van der Waals surface area contributed by atoms with Gasteiger partial charge in [-0.15, -0.1) is 5.10 Å². The van der Waals surface area contributed by atoms with Crippen molar-refractivity contribution in [3.05, 3.63) is 45.4 Å². The van der Waals surface area contributed by atoms with Gasteiger partial charge in [0, 0.05) is 9.85 Å². The zero-order valence-electron chi connectivity index (χ0n) is 9.05. The lowest BCUT2D eigenvalue weighted by molar-refractivity contribution is 0.0935. The van der Waals surface area contributed by atoms with E-state index in [9.17, 15) is 4.79 Å². The van der Waals surface area contributed by atoms with Gasteiger partial charge in [-0.25, -0.2) is 0 Å². The van der Waals surface area contributed by atoms with Crippen LogP contribution in [0.1, 0.15) is 29.0 Å². The maximum Gasteiger partial charge on any atom is 0.273 e. The minimum absolute atomic E-state index is 0.0679. The standard InChI is InChI=1S/C11H10BrN3OS/c1-7(8-3-2-4-9(12)5-8)13-11(16)10-6-17-15-14-10/h2-7H,1H3,(H,13,16). The molecule has 1 aromatic heterocycles. The van der Waals surface area contributed by atoms with Gasteiger partial charge in [0.1, 0.15) is 0 Å². The van der Waals surface area contributed by atoms with Crippen LogP contribution in [0.4, 0.5) is 0 Å². The van der Waals surface area contributed by atoms with E-state index in [1.54, 1.807) is 5.38 Å². The van der Waals surface area contributed by atoms with Gasteiger partial charge in [-0.2, -0.15) is 0 Å². The number of carbonyl (C=O) groups is 1. The molecule has 1 amide bonds. The second kappa shape index (κ2) is 5.37. The van der Waals surface area contributed by atoms with Crippen LogP contribution in [0.5, 0.6) is 0 Å². The van der Waals surface area contributed by atoms with Gasteiger partial charge in [0.05, 0.1) is 6.04 Å². The number of carbonyl (C=O) groups excluding carboxylic acids is 1. The van der Waals surface area contributed by atoms with E-state index in [2.05, 4.69) is 30.8 Å². The summed E-state index contributed by atoms with van der Waals surface area (Å²) in [5.74, 6) is -0.203. The summed E-state index contributed by atoms with van der Waals surface area (Å²) < 4.78 is 4.65. The molecule has 0 spiro atoms. The van der Waals surface area contributed by atoms with E-state index in [1.165, 1.54) is 0 Å². The van der Waals surface area contributed by atoms with E-state index >= 15 is 0 Å². The molecule has 6 heteroatoms. The SMILES string of the molecule is CC(NC(=O)c1csnn1)c1cccc(Br)c1. The fourth-order valence-corrected chi connectivity index (χ4v) is 2.25. The van der Waals surface area contributed by atoms with Crippen LogP contribution in [0.3, 0.4) is 0 Å². The second-order valence-electron chi connectivity index (χ2n) is 3.54. The average Bonchev–Trinajstić information content (AvgIpc) is 2.82. The molecule has 1 unspecified atom stereocenters. The Morgan fingerprint density at radius 3 is 3.00 bits per heavy atom. The lowest BCUT2D eigenvalue weighted by atomic mass is 10.1. The molecule has 4 nitrogen and oxygen atoms in total. The first-order valence-electron chi connectivity index (χ1n) is 5.00. The first-order valence-corrected chi connectivity index (χ1v) is 6.63. The quantitative estimate of drug-likeness (QED) is 0.948. The monoisotopic (exact) mass is 311 g/mol. The fourth-order valence-electron chi connectivity index (χ4n) is 1.39. The van der Waals surface area contributed by atoms with Crippen molar-refractivity contribution >= 4 is 33.4 Å². The molecule has 0 radical (unpaired) electrons. The highest BCUT2D eigenvalue weighted by Gasteiger charge is 2.13. The van der Waals surface area contributed by atoms with Gasteiger partial charge in [0.25, 0.3) is 5.91 Å². The Morgan fingerprint density at radius 2 is 2.35 bits per heavy atom. The van der Waals surface area contributed by atoms with Gasteiger partial charge in [-0.3, -0.25) is 4.79 Å². The molecule has 0 fully saturated rings. The molecular formula is C11H10BrN3OS. The first kappa shape index (κ1) is 12.2. The Hall–Kier alpha value is -1.27. The highest BCUT2D eigenvalue weighted by atomic mass is 79.9. The third-order valence-corrected chi connectivity index (χ3v) is 3.29. The number of hydrogen-bond donors (Lipinski definition) is 1. The van der Waals surface area contributed by atoms with Crippen LogP contribution in [-0.2, 0) is 0 Å². The number of benzene rings is 1. The summed E-state index contributed by atoms with van der Waals surface area (Å²) in [7, 11) is 0. The number of nitrogens with one attached hydrogen (secondary N) is 1. The highest BCUT2D eigenvalue weighted by Crippen LogP contribution is 2.18. The van der Waals surface area contributed by atoms with E-state index in [4.69, 9.17) is 0 Å². The van der Waals surface area contributed by atoms with Crippen LogP contribution in [0.15, 0.2) is 34.1 Å². The fraction of sp³-hybridized carbons (Fsp3) is 0.182. The molecule has 0 aliphatic rings. The Morgan fingerprint density at radius 1 is 1.53 bits per heavy atom. The van der Waals surface area contributed by atoms with Gasteiger partial charge in [-0.1, -0.05) is 32.6 Å². The van der Waals surface area contributed by atoms with Crippen molar-refractivity contribution in [1.82, 2.24) is 14.9 Å². The topological polar surface area (TPSA) is 54.9 Å². The normalized spacial score (nSPS) is 12.1. The Labute approximate surface area is 111 Å². The van der Waals surface area contributed by atoms with Gasteiger partial charge in [0.2, 0.25) is 0 Å². The van der Waals surface area contributed by atoms with Crippen molar-refractivity contribution in [2.45, 2.75) is 13.0 Å². The van der Waals surface area contributed by atoms with Crippen LogP contribution in [-0.4, -0.2) is 15.5 Å². The second-order valence-corrected chi connectivity index (χ2v) is 5.07. The molecule has 2 aromatic rings. The number of nitrogens with zero attached hydrogens (tertiary/aromatic N) is 2. The van der Waals surface area contributed by atoms with Gasteiger partial charge in [0.15, 0.2) is 5.69 Å². The zero-order valence-corrected chi connectivity index (χ0v) is 11.5. The lowest BCUT2D eigenvalue weighted by Crippen LogP contribution is -2.26. The summed E-state index contributed by atoms with van der Waals surface area (Å²) in [6.07, 6.45) is 0. The van der Waals surface area contributed by atoms with Crippen LogP contribution < -0.4 is 5.32 Å². The maximum atomic E-state index is 11.8. The van der Waals surface area contributed by atoms with Crippen molar-refractivity contribution in [2.75, 3.05) is 0 Å². The first-order chi connectivity index (χ1) is 8.16. The summed E-state index contributed by atoms with van der Waals surface area (Å²) in [5, 5.41) is 8.23. The minimum Gasteiger partial charge on any atom is -0.344 e. The number of amides is 1. The minimum atomic E-state index is -0.203.